The van der Waals surface area contributed by atoms with E-state index in [0.29, 0.717) is 11.3 Å². The number of nitrogens with two attached hydrogens (primary N) is 1. The molecule has 0 fully saturated rings. The second-order valence-corrected chi connectivity index (χ2v) is 5.69. The maximum Gasteiger partial charge on any atom is 0.255 e. The molecule has 0 aliphatic heterocycles. The number of pyridine rings is 1. The molecule has 0 aliphatic rings. The lowest BCUT2D eigenvalue weighted by Crippen LogP contribution is -2.12. The molecule has 0 atom stereocenters. The van der Waals surface area contributed by atoms with Gasteiger partial charge in [-0.3, -0.25) is 14.9 Å². The van der Waals surface area contributed by atoms with E-state index in [2.05, 4.69) is 27.1 Å². The Morgan fingerprint density at radius 2 is 1.96 bits per heavy atom. The van der Waals surface area contributed by atoms with Gasteiger partial charge in [0.2, 0.25) is 0 Å². The highest BCUT2D eigenvalue weighted by molar-refractivity contribution is 6.05. The van der Waals surface area contributed by atoms with Crippen molar-refractivity contribution in [1.82, 2.24) is 15.2 Å². The van der Waals surface area contributed by atoms with Crippen LogP contribution in [-0.4, -0.2) is 21.1 Å². The van der Waals surface area contributed by atoms with Gasteiger partial charge in [-0.15, -0.1) is 0 Å². The molecule has 3 aromatic rings. The first-order chi connectivity index (χ1) is 13.2. The molecule has 2 aromatic heterocycles. The van der Waals surface area contributed by atoms with Gasteiger partial charge in [-0.2, -0.15) is 5.10 Å². The van der Waals surface area contributed by atoms with Crippen LogP contribution in [0, 0.1) is 0 Å². The third-order valence-electron chi connectivity index (χ3n) is 3.84. The highest BCUT2D eigenvalue weighted by Crippen LogP contribution is 2.31. The van der Waals surface area contributed by atoms with Gasteiger partial charge < -0.3 is 11.1 Å². The summed E-state index contributed by atoms with van der Waals surface area (Å²) in [4.78, 5) is 16.3. The smallest absolute Gasteiger partial charge is 0.255 e. The number of carbonyl (C=O) groups excluding carboxylic acids is 1. The number of nitrogens with zero attached hydrogens (tertiary/aromatic N) is 2. The summed E-state index contributed by atoms with van der Waals surface area (Å²) >= 11 is 0. The topological polar surface area (TPSA) is 96.7 Å². The van der Waals surface area contributed by atoms with Gasteiger partial charge in [-0.05, 0) is 42.1 Å². The van der Waals surface area contributed by atoms with Gasteiger partial charge in [0.15, 0.2) is 0 Å². The summed E-state index contributed by atoms with van der Waals surface area (Å²) in [6.45, 7) is 3.75. The molecule has 6 nitrogen and oxygen atoms in total. The number of nitrogens with one attached hydrogen (secondary N) is 2. The normalized spacial score (nSPS) is 11.1. The predicted molar refractivity (Wildman–Crippen MR) is 107 cm³/mol. The summed E-state index contributed by atoms with van der Waals surface area (Å²) in [6.07, 6.45) is 11.6. The van der Waals surface area contributed by atoms with E-state index in [9.17, 15) is 4.79 Å². The van der Waals surface area contributed by atoms with E-state index in [1.165, 1.54) is 6.20 Å². The first-order valence-electron chi connectivity index (χ1n) is 8.29. The Kier molecular flexibility index (Phi) is 5.59. The molecule has 0 unspecified atom stereocenters. The minimum atomic E-state index is -0.287. The van der Waals surface area contributed by atoms with Crippen LogP contribution >= 0.6 is 0 Å². The van der Waals surface area contributed by atoms with Gasteiger partial charge >= 0.3 is 0 Å². The minimum absolute atomic E-state index is 0.287. The fraction of sp³-hybridized carbons (Fsp3) is 0. The molecular weight excluding hydrogens is 338 g/mol. The third kappa shape index (κ3) is 4.38. The standard InChI is InChI=1S/C21H19N5O/c1-15(5-2-3-10-22)21(27)25-18-7-4-6-17(13-18)20-19(14-24-26-20)16-8-11-23-12-9-16/h2-14H,1,22H2,(H,24,26)(H,25,27)/b5-2-,10-3-. The molecule has 0 bridgehead atoms. The average Bonchev–Trinajstić information content (AvgIpc) is 3.19. The van der Waals surface area contributed by atoms with E-state index in [-0.39, 0.29) is 5.91 Å². The van der Waals surface area contributed by atoms with Crippen molar-refractivity contribution in [3.8, 4) is 22.4 Å². The van der Waals surface area contributed by atoms with Crippen molar-refractivity contribution in [2.75, 3.05) is 5.32 Å². The zero-order valence-electron chi connectivity index (χ0n) is 14.6. The molecule has 0 saturated carbocycles. The number of benzene rings is 1. The summed E-state index contributed by atoms with van der Waals surface area (Å²) in [5.41, 5.74) is 9.89. The molecule has 2 heterocycles. The zero-order valence-corrected chi connectivity index (χ0v) is 14.6. The van der Waals surface area contributed by atoms with Crippen molar-refractivity contribution in [3.05, 3.63) is 91.6 Å². The molecule has 0 aliphatic carbocycles. The fourth-order valence-corrected chi connectivity index (χ4v) is 2.53. The molecular formula is C21H19N5O. The van der Waals surface area contributed by atoms with Crippen LogP contribution in [0.5, 0.6) is 0 Å². The Labute approximate surface area is 157 Å². The summed E-state index contributed by atoms with van der Waals surface area (Å²) in [7, 11) is 0. The monoisotopic (exact) mass is 357 g/mol. The highest BCUT2D eigenvalue weighted by atomic mass is 16.1. The number of aromatic amines is 1. The van der Waals surface area contributed by atoms with E-state index in [1.807, 2.05) is 42.6 Å². The first kappa shape index (κ1) is 17.9. The predicted octanol–water partition coefficient (Wildman–Crippen LogP) is 3.66. The van der Waals surface area contributed by atoms with Crippen LogP contribution in [0.3, 0.4) is 0 Å². The molecule has 1 aromatic carbocycles. The van der Waals surface area contributed by atoms with Gasteiger partial charge in [0, 0.05) is 41.0 Å². The molecule has 0 spiro atoms. The van der Waals surface area contributed by atoms with Crippen molar-refractivity contribution in [2.24, 2.45) is 5.73 Å². The number of hydrogen-bond acceptors (Lipinski definition) is 4. The Bertz CT molecular complexity index is 1000. The van der Waals surface area contributed by atoms with Crippen LogP contribution in [0.1, 0.15) is 0 Å². The number of H-pyrrole nitrogens is 1. The van der Waals surface area contributed by atoms with Crippen LogP contribution in [-0.2, 0) is 4.79 Å². The SMILES string of the molecule is C=C(/C=C\C=C/N)C(=O)Nc1cccc(-c2n[nH]cc2-c2ccncc2)c1. The summed E-state index contributed by atoms with van der Waals surface area (Å²) < 4.78 is 0. The molecule has 1 amide bonds. The van der Waals surface area contributed by atoms with Crippen LogP contribution in [0.15, 0.2) is 91.6 Å². The van der Waals surface area contributed by atoms with E-state index >= 15 is 0 Å². The Balaban J connectivity index is 1.82. The summed E-state index contributed by atoms with van der Waals surface area (Å²) in [6, 6.07) is 11.3. The van der Waals surface area contributed by atoms with Crippen LogP contribution < -0.4 is 11.1 Å². The van der Waals surface area contributed by atoms with Crippen LogP contribution in [0.4, 0.5) is 5.69 Å². The van der Waals surface area contributed by atoms with Crippen molar-refractivity contribution < 1.29 is 4.79 Å². The number of allylic oxidation sites excluding steroid dienone is 2. The lowest BCUT2D eigenvalue weighted by molar-refractivity contribution is -0.112. The van der Waals surface area contributed by atoms with E-state index in [0.717, 1.165) is 22.4 Å². The maximum absolute atomic E-state index is 12.2. The first-order valence-corrected chi connectivity index (χ1v) is 8.29. The minimum Gasteiger partial charge on any atom is -0.405 e. The Hall–Kier alpha value is -3.93. The van der Waals surface area contributed by atoms with Gasteiger partial charge in [-0.25, -0.2) is 0 Å². The van der Waals surface area contributed by atoms with Crippen molar-refractivity contribution in [1.29, 1.82) is 0 Å². The molecule has 3 rings (SSSR count). The number of aromatic nitrogens is 3. The average molecular weight is 357 g/mol. The van der Waals surface area contributed by atoms with Crippen molar-refractivity contribution in [2.45, 2.75) is 0 Å². The quantitative estimate of drug-likeness (QED) is 0.463. The molecule has 27 heavy (non-hydrogen) atoms. The lowest BCUT2D eigenvalue weighted by atomic mass is 10.0. The van der Waals surface area contributed by atoms with Crippen LogP contribution in [0.25, 0.3) is 22.4 Å². The van der Waals surface area contributed by atoms with Crippen LogP contribution in [0.2, 0.25) is 0 Å². The Morgan fingerprint density at radius 1 is 1.15 bits per heavy atom. The molecule has 4 N–H and O–H groups in total. The number of amides is 1. The molecule has 6 heteroatoms. The molecule has 0 saturated heterocycles. The maximum atomic E-state index is 12.2. The van der Waals surface area contributed by atoms with Gasteiger partial charge in [0.05, 0.1) is 5.69 Å². The van der Waals surface area contributed by atoms with Gasteiger partial charge in [-0.1, -0.05) is 30.9 Å². The zero-order chi connectivity index (χ0) is 19.1. The fourth-order valence-electron chi connectivity index (χ4n) is 2.53. The van der Waals surface area contributed by atoms with Gasteiger partial charge in [0.25, 0.3) is 5.91 Å². The number of hydrogen-bond donors (Lipinski definition) is 3. The number of rotatable bonds is 6. The van der Waals surface area contributed by atoms with Crippen molar-refractivity contribution in [3.63, 3.8) is 0 Å². The number of carbonyl (C=O) groups is 1. The largest absolute Gasteiger partial charge is 0.405 e. The van der Waals surface area contributed by atoms with E-state index < -0.39 is 0 Å². The highest BCUT2D eigenvalue weighted by Gasteiger charge is 2.12. The molecule has 134 valence electrons. The third-order valence-corrected chi connectivity index (χ3v) is 3.84. The summed E-state index contributed by atoms with van der Waals surface area (Å²) in [5.74, 6) is -0.287. The Morgan fingerprint density at radius 3 is 2.74 bits per heavy atom. The molecule has 0 radical (unpaired) electrons. The number of anilines is 1. The summed E-state index contributed by atoms with van der Waals surface area (Å²) in [5, 5.41) is 10.1. The van der Waals surface area contributed by atoms with E-state index in [4.69, 9.17) is 5.73 Å². The van der Waals surface area contributed by atoms with E-state index in [1.54, 1.807) is 30.6 Å². The lowest BCUT2D eigenvalue weighted by Gasteiger charge is -2.08. The second-order valence-electron chi connectivity index (χ2n) is 5.69. The van der Waals surface area contributed by atoms with Crippen molar-refractivity contribution >= 4 is 11.6 Å². The second kappa shape index (κ2) is 8.44. The van der Waals surface area contributed by atoms with Gasteiger partial charge in [0.1, 0.15) is 0 Å².